The summed E-state index contributed by atoms with van der Waals surface area (Å²) in [5.41, 5.74) is 7.42. The normalized spacial score (nSPS) is 26.0. The molecule has 228 valence electrons. The number of nitrogens with zero attached hydrogens (tertiary/aromatic N) is 1. The first kappa shape index (κ1) is 30.0. The van der Waals surface area contributed by atoms with E-state index < -0.39 is 41.8 Å². The van der Waals surface area contributed by atoms with Crippen molar-refractivity contribution in [3.05, 3.63) is 35.4 Å². The summed E-state index contributed by atoms with van der Waals surface area (Å²) >= 11 is 0. The second kappa shape index (κ2) is 11.3. The predicted molar refractivity (Wildman–Crippen MR) is 155 cm³/mol. The molecule has 1 aromatic rings. The van der Waals surface area contributed by atoms with Crippen LogP contribution in [-0.2, 0) is 36.8 Å². The molecule has 3 aliphatic carbocycles. The number of carbonyl (C=O) groups is 5. The number of likely N-dealkylation sites (tertiary alicyclic amines) is 1. The maximum absolute atomic E-state index is 14.4. The van der Waals surface area contributed by atoms with Crippen LogP contribution in [0.3, 0.4) is 0 Å². The van der Waals surface area contributed by atoms with E-state index in [1.54, 1.807) is 4.90 Å². The average Bonchev–Trinajstić information content (AvgIpc) is 3.68. The van der Waals surface area contributed by atoms with Gasteiger partial charge in [0.2, 0.25) is 17.6 Å². The van der Waals surface area contributed by atoms with Crippen LogP contribution in [0.2, 0.25) is 0 Å². The maximum Gasteiger partial charge on any atom is 0.408 e. The molecule has 2 saturated carbocycles. The standard InChI is InChI=1S/C32H44N4O6/c1-16(2)17(3)42-31(41)35-25(21-13-19-8-6-7-9-20(19)14-21)30(40)36-15-22-24(32(22,4)5)26(36)29(39)34-23(12-18-10-11-18)27(37)28(33)38/h6-9,16-18,21-26H,10-15H2,1-5H3,(H2,33,38)(H,34,39)(H,35,41)/t17-,22-,23?,24-,25+,26+/m1/s1. The maximum atomic E-state index is 14.4. The van der Waals surface area contributed by atoms with Crippen molar-refractivity contribution in [2.45, 2.75) is 91.0 Å². The molecule has 3 fully saturated rings. The third-order valence-electron chi connectivity index (χ3n) is 10.2. The molecule has 0 aromatic heterocycles. The van der Waals surface area contributed by atoms with Gasteiger partial charge in [-0.25, -0.2) is 4.79 Å². The summed E-state index contributed by atoms with van der Waals surface area (Å²) in [6, 6.07) is 5.28. The van der Waals surface area contributed by atoms with Gasteiger partial charge in [-0.05, 0) is 72.3 Å². The number of piperidine rings is 1. The van der Waals surface area contributed by atoms with E-state index in [0.717, 1.165) is 24.0 Å². The molecule has 0 spiro atoms. The fraction of sp³-hybridized carbons (Fsp3) is 0.656. The molecule has 1 heterocycles. The summed E-state index contributed by atoms with van der Waals surface area (Å²) < 4.78 is 5.59. The Bertz CT molecular complexity index is 1250. The Morgan fingerprint density at radius 3 is 2.19 bits per heavy atom. The summed E-state index contributed by atoms with van der Waals surface area (Å²) in [5, 5.41) is 5.67. The largest absolute Gasteiger partial charge is 0.446 e. The zero-order valence-corrected chi connectivity index (χ0v) is 25.2. The number of carbonyl (C=O) groups excluding carboxylic acids is 5. The lowest BCUT2D eigenvalue weighted by atomic mass is 9.93. The molecule has 0 bridgehead atoms. The number of hydrogen-bond donors (Lipinski definition) is 3. The Morgan fingerprint density at radius 1 is 1.02 bits per heavy atom. The van der Waals surface area contributed by atoms with Crippen LogP contribution in [0.15, 0.2) is 24.3 Å². The highest BCUT2D eigenvalue weighted by atomic mass is 16.6. The monoisotopic (exact) mass is 580 g/mol. The van der Waals surface area contributed by atoms with Crippen LogP contribution in [0.1, 0.15) is 65.0 Å². The molecule has 5 rings (SSSR count). The summed E-state index contributed by atoms with van der Waals surface area (Å²) in [5.74, 6) is -2.50. The second-order valence-corrected chi connectivity index (χ2v) is 13.8. The molecule has 10 heteroatoms. The Morgan fingerprint density at radius 2 is 1.64 bits per heavy atom. The predicted octanol–water partition coefficient (Wildman–Crippen LogP) is 2.36. The number of hydrogen-bond acceptors (Lipinski definition) is 6. The van der Waals surface area contributed by atoms with Crippen LogP contribution in [0.4, 0.5) is 4.79 Å². The fourth-order valence-electron chi connectivity index (χ4n) is 7.01. The zero-order chi connectivity index (χ0) is 30.5. The number of benzene rings is 1. The van der Waals surface area contributed by atoms with E-state index in [2.05, 4.69) is 24.5 Å². The minimum Gasteiger partial charge on any atom is -0.446 e. The van der Waals surface area contributed by atoms with Crippen LogP contribution >= 0.6 is 0 Å². The van der Waals surface area contributed by atoms with Crippen molar-refractivity contribution in [2.75, 3.05) is 6.54 Å². The average molecular weight is 581 g/mol. The van der Waals surface area contributed by atoms with Gasteiger partial charge in [0.25, 0.3) is 5.91 Å². The molecular weight excluding hydrogens is 536 g/mol. The van der Waals surface area contributed by atoms with Gasteiger partial charge in [0, 0.05) is 6.54 Å². The van der Waals surface area contributed by atoms with Gasteiger partial charge >= 0.3 is 6.09 Å². The Hall–Kier alpha value is -3.43. The van der Waals surface area contributed by atoms with E-state index in [0.29, 0.717) is 25.8 Å². The summed E-state index contributed by atoms with van der Waals surface area (Å²) in [7, 11) is 0. The first-order chi connectivity index (χ1) is 19.8. The van der Waals surface area contributed by atoms with Gasteiger partial charge < -0.3 is 26.0 Å². The molecule has 4 aliphatic rings. The van der Waals surface area contributed by atoms with E-state index in [9.17, 15) is 24.0 Å². The number of ether oxygens (including phenoxy) is 1. The van der Waals surface area contributed by atoms with E-state index in [4.69, 9.17) is 10.5 Å². The van der Waals surface area contributed by atoms with Crippen LogP contribution in [0.5, 0.6) is 0 Å². The van der Waals surface area contributed by atoms with Gasteiger partial charge in [0.1, 0.15) is 18.2 Å². The third kappa shape index (κ3) is 5.90. The summed E-state index contributed by atoms with van der Waals surface area (Å²) in [6.07, 6.45) is 2.47. The molecule has 1 unspecified atom stereocenters. The number of nitrogens with one attached hydrogen (secondary N) is 2. The van der Waals surface area contributed by atoms with Gasteiger partial charge in [-0.1, -0.05) is 64.8 Å². The Kier molecular flexibility index (Phi) is 8.11. The molecule has 1 aromatic carbocycles. The lowest BCUT2D eigenvalue weighted by Gasteiger charge is -2.35. The number of alkyl carbamates (subject to hydrolysis) is 1. The van der Waals surface area contributed by atoms with Crippen LogP contribution in [-0.4, -0.2) is 65.3 Å². The smallest absolute Gasteiger partial charge is 0.408 e. The number of ketones is 1. The third-order valence-corrected chi connectivity index (χ3v) is 10.2. The first-order valence-corrected chi connectivity index (χ1v) is 15.3. The number of amides is 4. The number of rotatable bonds is 11. The van der Waals surface area contributed by atoms with Crippen LogP contribution < -0.4 is 16.4 Å². The Balaban J connectivity index is 1.39. The van der Waals surface area contributed by atoms with Gasteiger partial charge in [-0.2, -0.15) is 0 Å². The molecule has 1 aliphatic heterocycles. The molecule has 0 radical (unpaired) electrons. The van der Waals surface area contributed by atoms with Crippen molar-refractivity contribution in [3.8, 4) is 0 Å². The molecule has 42 heavy (non-hydrogen) atoms. The van der Waals surface area contributed by atoms with Crippen LogP contribution in [0, 0.1) is 35.0 Å². The fourth-order valence-corrected chi connectivity index (χ4v) is 7.01. The lowest BCUT2D eigenvalue weighted by molar-refractivity contribution is -0.144. The topological polar surface area (TPSA) is 148 Å². The van der Waals surface area contributed by atoms with Crippen molar-refractivity contribution in [2.24, 2.45) is 40.7 Å². The highest BCUT2D eigenvalue weighted by molar-refractivity contribution is 6.37. The van der Waals surface area contributed by atoms with Gasteiger partial charge in [0.05, 0.1) is 6.04 Å². The number of fused-ring (bicyclic) bond motifs is 2. The van der Waals surface area contributed by atoms with Crippen molar-refractivity contribution in [1.82, 2.24) is 15.5 Å². The van der Waals surface area contributed by atoms with E-state index in [1.165, 1.54) is 0 Å². The number of primary amides is 1. The van der Waals surface area contributed by atoms with Crippen molar-refractivity contribution >= 4 is 29.6 Å². The minimum atomic E-state index is -1.08. The van der Waals surface area contributed by atoms with E-state index in [-0.39, 0.29) is 47.0 Å². The van der Waals surface area contributed by atoms with Crippen molar-refractivity contribution < 1.29 is 28.7 Å². The molecule has 10 nitrogen and oxygen atoms in total. The summed E-state index contributed by atoms with van der Waals surface area (Å²) in [4.78, 5) is 67.2. The Labute approximate surface area is 247 Å². The molecule has 6 atom stereocenters. The lowest BCUT2D eigenvalue weighted by Crippen LogP contribution is -2.59. The van der Waals surface area contributed by atoms with Crippen LogP contribution in [0.25, 0.3) is 0 Å². The van der Waals surface area contributed by atoms with Crippen molar-refractivity contribution in [1.29, 1.82) is 0 Å². The molecule has 4 N–H and O–H groups in total. The van der Waals surface area contributed by atoms with Gasteiger partial charge in [-0.3, -0.25) is 19.2 Å². The summed E-state index contributed by atoms with van der Waals surface area (Å²) in [6.45, 7) is 10.3. The van der Waals surface area contributed by atoms with Crippen molar-refractivity contribution in [3.63, 3.8) is 0 Å². The van der Waals surface area contributed by atoms with E-state index >= 15 is 0 Å². The minimum absolute atomic E-state index is 0.0963. The SMILES string of the molecule is CC(C)[C@@H](C)OC(=O)N[C@H](C(=O)N1C[C@@H]2[C@H]([C@H]1C(=O)NC(CC1CC1)C(=O)C(N)=O)C2(C)C)C1Cc2ccccc2C1. The highest BCUT2D eigenvalue weighted by Gasteiger charge is 2.69. The molecule has 4 amide bonds. The number of nitrogens with two attached hydrogens (primary N) is 1. The molecular formula is C32H44N4O6. The first-order valence-electron chi connectivity index (χ1n) is 15.3. The van der Waals surface area contributed by atoms with Gasteiger partial charge in [0.15, 0.2) is 0 Å². The second-order valence-electron chi connectivity index (χ2n) is 13.8. The highest BCUT2D eigenvalue weighted by Crippen LogP contribution is 2.65. The quantitative estimate of drug-likeness (QED) is 0.342. The molecule has 1 saturated heterocycles. The zero-order valence-electron chi connectivity index (χ0n) is 25.2. The van der Waals surface area contributed by atoms with Gasteiger partial charge in [-0.15, -0.1) is 0 Å². The van der Waals surface area contributed by atoms with E-state index in [1.807, 2.05) is 45.0 Å². The number of Topliss-reactive ketones (excluding diaryl/α,β-unsaturated/α-hetero) is 1.